The second-order valence-corrected chi connectivity index (χ2v) is 4.95. The van der Waals surface area contributed by atoms with E-state index in [0.717, 1.165) is 18.0 Å². The quantitative estimate of drug-likeness (QED) is 0.757. The summed E-state index contributed by atoms with van der Waals surface area (Å²) in [6.45, 7) is 0. The van der Waals surface area contributed by atoms with E-state index in [1.165, 1.54) is 19.3 Å². The Kier molecular flexibility index (Phi) is 2.67. The van der Waals surface area contributed by atoms with Crippen LogP contribution in [0.1, 0.15) is 25.0 Å². The summed E-state index contributed by atoms with van der Waals surface area (Å²) in [5.74, 6) is 0.927. The monoisotopic (exact) mass is 243 g/mol. The fraction of sp³-hybridized carbons (Fsp3) is 0.778. The third-order valence-corrected chi connectivity index (χ3v) is 3.67. The number of rotatable bonds is 4. The summed E-state index contributed by atoms with van der Waals surface area (Å²) in [5.41, 5.74) is 1.10. The van der Waals surface area contributed by atoms with Crippen molar-refractivity contribution in [1.82, 2.24) is 15.0 Å². The highest BCUT2D eigenvalue weighted by atomic mass is 79.9. The van der Waals surface area contributed by atoms with Crippen molar-refractivity contribution < 1.29 is 0 Å². The number of hydrogen-bond acceptors (Lipinski definition) is 2. The Balaban J connectivity index is 1.78. The molecule has 1 heterocycles. The van der Waals surface area contributed by atoms with Gasteiger partial charge < -0.3 is 0 Å². The molecule has 2 rings (SSSR count). The van der Waals surface area contributed by atoms with Crippen LogP contribution in [-0.2, 0) is 13.5 Å². The molecule has 0 bridgehead atoms. The molecule has 0 aromatic carbocycles. The fourth-order valence-electron chi connectivity index (χ4n) is 1.49. The summed E-state index contributed by atoms with van der Waals surface area (Å²) >= 11 is 3.71. The number of aryl methyl sites for hydroxylation is 2. The third-order valence-electron chi connectivity index (χ3n) is 2.46. The van der Waals surface area contributed by atoms with Gasteiger partial charge in [-0.3, -0.25) is 4.68 Å². The highest BCUT2D eigenvalue weighted by Gasteiger charge is 2.28. The lowest BCUT2D eigenvalue weighted by Gasteiger charge is -2.04. The summed E-state index contributed by atoms with van der Waals surface area (Å²) in [7, 11) is 1.91. The van der Waals surface area contributed by atoms with E-state index in [1.807, 2.05) is 13.2 Å². The third kappa shape index (κ3) is 2.53. The van der Waals surface area contributed by atoms with Gasteiger partial charge in [0.25, 0.3) is 0 Å². The number of hydrogen-bond donors (Lipinski definition) is 0. The van der Waals surface area contributed by atoms with Crippen LogP contribution in [0, 0.1) is 5.92 Å². The molecular weight excluding hydrogens is 230 g/mol. The van der Waals surface area contributed by atoms with Crippen LogP contribution in [0.25, 0.3) is 0 Å². The maximum atomic E-state index is 4.06. The molecular formula is C9H14BrN3. The molecule has 1 aliphatic carbocycles. The zero-order valence-corrected chi connectivity index (χ0v) is 9.37. The first-order chi connectivity index (χ1) is 6.25. The molecule has 1 fully saturated rings. The second-order valence-electron chi connectivity index (χ2n) is 3.78. The topological polar surface area (TPSA) is 30.7 Å². The van der Waals surface area contributed by atoms with Gasteiger partial charge in [0.15, 0.2) is 0 Å². The normalized spacial score (nSPS) is 18.9. The number of aromatic nitrogens is 3. The predicted molar refractivity (Wildman–Crippen MR) is 54.8 cm³/mol. The molecule has 1 saturated carbocycles. The van der Waals surface area contributed by atoms with E-state index in [4.69, 9.17) is 0 Å². The lowest BCUT2D eigenvalue weighted by molar-refractivity contribution is 0.683. The van der Waals surface area contributed by atoms with Gasteiger partial charge in [-0.25, -0.2) is 0 Å². The minimum absolute atomic E-state index is 0.689. The highest BCUT2D eigenvalue weighted by molar-refractivity contribution is 9.09. The van der Waals surface area contributed by atoms with Crippen molar-refractivity contribution in [2.75, 3.05) is 0 Å². The van der Waals surface area contributed by atoms with Crippen LogP contribution < -0.4 is 0 Å². The molecule has 0 saturated heterocycles. The Morgan fingerprint density at radius 2 is 2.46 bits per heavy atom. The van der Waals surface area contributed by atoms with Crippen LogP contribution in [0.3, 0.4) is 0 Å². The van der Waals surface area contributed by atoms with Crippen molar-refractivity contribution in [3.8, 4) is 0 Å². The summed E-state index contributed by atoms with van der Waals surface area (Å²) in [6.07, 6.45) is 7.02. The first-order valence-corrected chi connectivity index (χ1v) is 5.66. The summed E-state index contributed by atoms with van der Waals surface area (Å²) in [4.78, 5) is 0.689. The first-order valence-electron chi connectivity index (χ1n) is 4.75. The maximum Gasteiger partial charge on any atom is 0.0827 e. The molecule has 1 aromatic rings. The minimum atomic E-state index is 0.689. The average molecular weight is 244 g/mol. The molecule has 4 heteroatoms. The van der Waals surface area contributed by atoms with Gasteiger partial charge in [-0.05, 0) is 31.6 Å². The van der Waals surface area contributed by atoms with Crippen LogP contribution in [-0.4, -0.2) is 19.8 Å². The van der Waals surface area contributed by atoms with E-state index in [1.54, 1.807) is 4.68 Å². The lowest BCUT2D eigenvalue weighted by atomic mass is 10.1. The molecule has 72 valence electrons. The molecule has 1 aliphatic rings. The van der Waals surface area contributed by atoms with Gasteiger partial charge in [0.1, 0.15) is 0 Å². The molecule has 3 nitrogen and oxygen atoms in total. The van der Waals surface area contributed by atoms with Crippen molar-refractivity contribution in [2.24, 2.45) is 13.0 Å². The SMILES string of the molecule is Cn1cc(CCC(Br)C2CC2)nn1. The molecule has 1 aromatic heterocycles. The average Bonchev–Trinajstić information content (AvgIpc) is 2.87. The van der Waals surface area contributed by atoms with Crippen molar-refractivity contribution in [3.63, 3.8) is 0 Å². The van der Waals surface area contributed by atoms with Gasteiger partial charge >= 0.3 is 0 Å². The van der Waals surface area contributed by atoms with E-state index in [2.05, 4.69) is 26.2 Å². The van der Waals surface area contributed by atoms with Crippen molar-refractivity contribution in [2.45, 2.75) is 30.5 Å². The first kappa shape index (κ1) is 9.19. The molecule has 0 amide bonds. The standard InChI is InChI=1S/C9H14BrN3/c1-13-6-8(11-12-13)4-5-9(10)7-2-3-7/h6-7,9H,2-5H2,1H3. The Labute approximate surface area is 86.6 Å². The van der Waals surface area contributed by atoms with Crippen LogP contribution in [0.5, 0.6) is 0 Å². The molecule has 1 unspecified atom stereocenters. The molecule has 0 N–H and O–H groups in total. The van der Waals surface area contributed by atoms with Gasteiger partial charge in [0.2, 0.25) is 0 Å². The van der Waals surface area contributed by atoms with Gasteiger partial charge in [-0.1, -0.05) is 21.1 Å². The summed E-state index contributed by atoms with van der Waals surface area (Å²) < 4.78 is 1.76. The fourth-order valence-corrected chi connectivity index (χ4v) is 2.25. The summed E-state index contributed by atoms with van der Waals surface area (Å²) in [5, 5.41) is 7.97. The van der Waals surface area contributed by atoms with E-state index in [9.17, 15) is 0 Å². The number of nitrogens with zero attached hydrogens (tertiary/aromatic N) is 3. The van der Waals surface area contributed by atoms with Crippen molar-refractivity contribution in [1.29, 1.82) is 0 Å². The van der Waals surface area contributed by atoms with Gasteiger partial charge in [0, 0.05) is 18.1 Å². The van der Waals surface area contributed by atoms with Crippen LogP contribution in [0.4, 0.5) is 0 Å². The molecule has 0 aliphatic heterocycles. The van der Waals surface area contributed by atoms with E-state index >= 15 is 0 Å². The van der Waals surface area contributed by atoms with Crippen LogP contribution >= 0.6 is 15.9 Å². The van der Waals surface area contributed by atoms with Gasteiger partial charge in [-0.2, -0.15) is 0 Å². The van der Waals surface area contributed by atoms with Crippen LogP contribution in [0.2, 0.25) is 0 Å². The zero-order valence-electron chi connectivity index (χ0n) is 7.78. The number of alkyl halides is 1. The predicted octanol–water partition coefficient (Wildman–Crippen LogP) is 1.92. The van der Waals surface area contributed by atoms with Crippen LogP contribution in [0.15, 0.2) is 6.20 Å². The smallest absolute Gasteiger partial charge is 0.0827 e. The van der Waals surface area contributed by atoms with Crippen molar-refractivity contribution in [3.05, 3.63) is 11.9 Å². The Morgan fingerprint density at radius 3 is 3.00 bits per heavy atom. The lowest BCUT2D eigenvalue weighted by Crippen LogP contribution is -2.02. The zero-order chi connectivity index (χ0) is 9.26. The van der Waals surface area contributed by atoms with Gasteiger partial charge in [0.05, 0.1) is 5.69 Å². The molecule has 13 heavy (non-hydrogen) atoms. The summed E-state index contributed by atoms with van der Waals surface area (Å²) in [6, 6.07) is 0. The minimum Gasteiger partial charge on any atom is -0.255 e. The van der Waals surface area contributed by atoms with E-state index < -0.39 is 0 Å². The van der Waals surface area contributed by atoms with E-state index in [-0.39, 0.29) is 0 Å². The number of halogens is 1. The second kappa shape index (κ2) is 3.78. The molecule has 1 atom stereocenters. The molecule has 0 spiro atoms. The maximum absolute atomic E-state index is 4.06. The van der Waals surface area contributed by atoms with Crippen molar-refractivity contribution >= 4 is 15.9 Å². The Bertz CT molecular complexity index is 280. The Hall–Kier alpha value is -0.380. The molecule has 0 radical (unpaired) electrons. The largest absolute Gasteiger partial charge is 0.255 e. The van der Waals surface area contributed by atoms with Gasteiger partial charge in [-0.15, -0.1) is 5.10 Å². The Morgan fingerprint density at radius 1 is 1.69 bits per heavy atom. The van der Waals surface area contributed by atoms with E-state index in [0.29, 0.717) is 4.83 Å². The highest BCUT2D eigenvalue weighted by Crippen LogP contribution is 2.38.